The van der Waals surface area contributed by atoms with Crippen molar-refractivity contribution >= 4 is 116 Å². The van der Waals surface area contributed by atoms with Crippen LogP contribution >= 0.6 is 23.5 Å². The number of amides is 7. The summed E-state index contributed by atoms with van der Waals surface area (Å²) < 4.78 is 18.7. The molecule has 8 N–H and O–H groups in total. The zero-order chi connectivity index (χ0) is 86.4. The van der Waals surface area contributed by atoms with E-state index in [2.05, 4.69) is 163 Å². The minimum Gasteiger partial charge on any atom is -0.479 e. The van der Waals surface area contributed by atoms with Crippen LogP contribution < -0.4 is 26.6 Å². The van der Waals surface area contributed by atoms with Gasteiger partial charge >= 0.3 is 30.3 Å². The first-order chi connectivity index (χ1) is 59.6. The monoisotopic (exact) mass is 1700 g/mol. The van der Waals surface area contributed by atoms with Crippen molar-refractivity contribution in [1.29, 1.82) is 0 Å². The Morgan fingerprint density at radius 1 is 0.439 bits per heavy atom. The van der Waals surface area contributed by atoms with Crippen LogP contribution in [0.25, 0.3) is 77.5 Å². The van der Waals surface area contributed by atoms with Gasteiger partial charge in [-0.1, -0.05) is 185 Å². The summed E-state index contributed by atoms with van der Waals surface area (Å²) >= 11 is 3.63. The SMILES string of the molecule is COC(=O)N[C@@H](C(=O)O)c1ccccc1.COC(=O)N[C@H](C(=O)N1CCC[C@H]1c1ncc(-c2ccc3cc(-c4ccc(C5=CN=C([C@@H]6SCCN6C(=O)[C@H](NC(=O)OC)c6ccccc6)C5)cc4)ccc3c2)[nH]1)C(C)C.COC(=O)N[C@H](C(=O)N1CCC[C@H]1c1ncc(-c2ccc3cc(-c4ccc(C5=CN=C([C@H]6NCCS6)C5)cc4)ccc3c2)[nH]1)C(C)C. The van der Waals surface area contributed by atoms with Gasteiger partial charge in [0.05, 0.1) is 75.4 Å². The zero-order valence-electron chi connectivity index (χ0n) is 69.7. The van der Waals surface area contributed by atoms with Crippen molar-refractivity contribution in [2.75, 3.05) is 66.1 Å². The summed E-state index contributed by atoms with van der Waals surface area (Å²) in [5.74, 6) is 1.65. The number of carboxylic acid groups (broad SMARTS) is 1. The van der Waals surface area contributed by atoms with Gasteiger partial charge in [-0.25, -0.2) is 33.9 Å². The Bertz CT molecular complexity index is 5650. The Morgan fingerprint density at radius 3 is 1.27 bits per heavy atom. The van der Waals surface area contributed by atoms with E-state index in [0.29, 0.717) is 42.6 Å². The van der Waals surface area contributed by atoms with Crippen molar-refractivity contribution in [2.24, 2.45) is 21.8 Å². The fourth-order valence-electron chi connectivity index (χ4n) is 16.2. The van der Waals surface area contributed by atoms with Crippen LogP contribution in [0.4, 0.5) is 19.2 Å². The normalized spacial score (nSPS) is 18.2. The van der Waals surface area contributed by atoms with Crippen LogP contribution in [0.15, 0.2) is 217 Å². The lowest BCUT2D eigenvalue weighted by Crippen LogP contribution is -2.51. The van der Waals surface area contributed by atoms with Gasteiger partial charge in [0.15, 0.2) is 6.04 Å². The number of aliphatic carboxylic acids is 1. The second-order valence-electron chi connectivity index (χ2n) is 31.3. The molecule has 0 radical (unpaired) electrons. The van der Waals surface area contributed by atoms with Crippen LogP contribution in [-0.4, -0.2) is 188 Å². The van der Waals surface area contributed by atoms with E-state index >= 15 is 0 Å². The first-order valence-corrected chi connectivity index (χ1v) is 43.2. The summed E-state index contributed by atoms with van der Waals surface area (Å²) in [7, 11) is 5.06. The van der Waals surface area contributed by atoms with Gasteiger partial charge in [0.2, 0.25) is 11.8 Å². The lowest BCUT2D eigenvalue weighted by molar-refractivity contribution is -0.139. The number of carbonyl (C=O) groups is 8. The minimum atomic E-state index is -1.13. The summed E-state index contributed by atoms with van der Waals surface area (Å²) in [6.07, 6.45) is 9.79. The summed E-state index contributed by atoms with van der Waals surface area (Å²) in [6.45, 7) is 10.5. The van der Waals surface area contributed by atoms with Crippen LogP contribution in [0.5, 0.6) is 0 Å². The Hall–Kier alpha value is -12.9. The van der Waals surface area contributed by atoms with Gasteiger partial charge in [0.25, 0.3) is 5.91 Å². The molecule has 6 aliphatic rings. The lowest BCUT2D eigenvalue weighted by Gasteiger charge is -2.30. The molecule has 6 aliphatic heterocycles. The van der Waals surface area contributed by atoms with Crippen LogP contribution in [0, 0.1) is 11.8 Å². The number of benzene rings is 8. The first-order valence-electron chi connectivity index (χ1n) is 41.1. The third-order valence-electron chi connectivity index (χ3n) is 22.8. The topological polar surface area (TPSA) is 346 Å². The maximum absolute atomic E-state index is 13.9. The molecule has 8 heterocycles. The third kappa shape index (κ3) is 20.3. The van der Waals surface area contributed by atoms with E-state index in [0.717, 1.165) is 128 Å². The van der Waals surface area contributed by atoms with Crippen molar-refractivity contribution in [1.82, 2.24) is 61.2 Å². The van der Waals surface area contributed by atoms with Crippen molar-refractivity contribution in [3.63, 3.8) is 0 Å². The highest BCUT2D eigenvalue weighted by molar-refractivity contribution is 8.01. The Morgan fingerprint density at radius 2 is 0.837 bits per heavy atom. The van der Waals surface area contributed by atoms with E-state index < -0.39 is 54.5 Å². The minimum absolute atomic E-state index is 0.0797. The fraction of sp³-hybridized carbons (Fsp3) is 0.319. The maximum Gasteiger partial charge on any atom is 0.407 e. The molecule has 0 spiro atoms. The molecule has 4 fully saturated rings. The second kappa shape index (κ2) is 39.8. The number of aliphatic imine (C=N–C) groups is 2. The molecule has 8 atom stereocenters. The van der Waals surface area contributed by atoms with Gasteiger partial charge in [-0.15, -0.1) is 23.5 Å². The molecule has 0 saturated carbocycles. The van der Waals surface area contributed by atoms with Crippen molar-refractivity contribution in [2.45, 2.75) is 113 Å². The van der Waals surface area contributed by atoms with E-state index in [1.54, 1.807) is 42.1 Å². The van der Waals surface area contributed by atoms with Gasteiger partial charge in [0.1, 0.15) is 35.1 Å². The average Bonchev–Trinajstić information content (AvgIpc) is 1.31. The van der Waals surface area contributed by atoms with Gasteiger partial charge < -0.3 is 70.0 Å². The Labute approximate surface area is 721 Å². The van der Waals surface area contributed by atoms with Crippen molar-refractivity contribution in [3.05, 3.63) is 241 Å². The molecular weight excluding hydrogens is 1600 g/mol. The predicted octanol–water partition coefficient (Wildman–Crippen LogP) is 16.1. The number of ether oxygens (including phenoxy) is 4. The molecule has 123 heavy (non-hydrogen) atoms. The van der Waals surface area contributed by atoms with Gasteiger partial charge in [-0.3, -0.25) is 29.7 Å². The number of carbonyl (C=O) groups excluding carboxylic acids is 7. The van der Waals surface area contributed by atoms with E-state index in [4.69, 9.17) is 39.3 Å². The maximum atomic E-state index is 13.9. The van der Waals surface area contributed by atoms with E-state index in [-0.39, 0.29) is 47.0 Å². The lowest BCUT2D eigenvalue weighted by atomic mass is 9.96. The average molecular weight is 1700 g/mol. The van der Waals surface area contributed by atoms with Crippen molar-refractivity contribution in [3.8, 4) is 44.8 Å². The number of nitrogens with zero attached hydrogens (tertiary/aromatic N) is 7. The number of nitrogens with one attached hydrogen (secondary N) is 7. The summed E-state index contributed by atoms with van der Waals surface area (Å²) in [4.78, 5) is 130. The predicted molar refractivity (Wildman–Crippen MR) is 479 cm³/mol. The number of alkyl carbamates (subject to hydrolysis) is 4. The molecule has 0 bridgehead atoms. The summed E-state index contributed by atoms with van der Waals surface area (Å²) in [5.41, 5.74) is 16.4. The van der Waals surface area contributed by atoms with E-state index in [1.165, 1.54) is 61.8 Å². The summed E-state index contributed by atoms with van der Waals surface area (Å²) in [5, 5.41) is 27.4. The number of rotatable bonds is 22. The highest BCUT2D eigenvalue weighted by atomic mass is 32.2. The Kier molecular flexibility index (Phi) is 28.0. The fourth-order valence-corrected chi connectivity index (χ4v) is 18.5. The quantitative estimate of drug-likeness (QED) is 0.0292. The van der Waals surface area contributed by atoms with Crippen LogP contribution in [-0.2, 0) is 38.1 Å². The van der Waals surface area contributed by atoms with E-state index in [9.17, 15) is 38.4 Å². The molecule has 0 aliphatic carbocycles. The highest BCUT2D eigenvalue weighted by Crippen LogP contribution is 2.40. The number of fused-ring (bicyclic) bond motifs is 2. The molecule has 29 heteroatoms. The number of H-pyrrole nitrogens is 2. The molecule has 0 unspecified atom stereocenters. The highest BCUT2D eigenvalue weighted by Gasteiger charge is 2.42. The number of thioether (sulfide) groups is 2. The molecule has 27 nitrogen and oxygen atoms in total. The summed E-state index contributed by atoms with van der Waals surface area (Å²) in [6, 6.07) is 57.1. The molecular formula is C94H100N14O13S2. The zero-order valence-corrected chi connectivity index (χ0v) is 71.3. The standard InChI is InChI=1S/C47H49N7O6S.C37H40N6O3S.C10H11NO4/c1-28(2)40(51-46(57)59-3)43(55)53-20-8-11-39(53)42-49-27-38(50-42)35-19-18-33-23-32(16-17-34(33)24-35)29-12-14-30(15-13-29)36-25-37(48-26-36)45-54(21-22-61-45)44(56)41(52-47(58)60-4)31-9-6-5-7-10-31;1-22(2)33(42-37(45)46-3)36(44)43-15-4-5-32(43)34-40-21-31(41-34)28-13-12-26-17-25(10-11-27(26)18-28)23-6-8-24(9-7-23)29-19-30(39-20-29)35-38-14-16-47-35;1-15-10(14)11-8(9(12)13)7-5-3-2-4-6-7/h5-7,9-10,12-19,23-24,26-28,39-41,45H,8,11,20-22,25H2,1-4H3,(H,49,50)(H,51,57)(H,52,58);6-13,17-18,20-22,32-33,35,38H,4-5,14-16,19H2,1-3H3,(H,40,41)(H,42,45);2-6,8H,1H3,(H,11,14)(H,12,13)/t39-,40-,41+,45-;32-,33-,35-;8-/m001/s1. The Balaban J connectivity index is 0.000000175. The number of hydrogen-bond acceptors (Lipinski definition) is 19. The smallest absolute Gasteiger partial charge is 0.407 e. The number of aromatic nitrogens is 4. The number of imidazole rings is 2. The number of allylic oxidation sites excluding steroid dienone is 2. The number of carboxylic acids is 1. The first kappa shape index (κ1) is 86.5. The third-order valence-corrected chi connectivity index (χ3v) is 25.3. The van der Waals surface area contributed by atoms with Gasteiger partial charge in [0, 0.05) is 79.8 Å². The van der Waals surface area contributed by atoms with Crippen molar-refractivity contribution < 1.29 is 62.4 Å². The molecule has 10 aromatic rings. The number of hydrogen-bond donors (Lipinski definition) is 8. The number of likely N-dealkylation sites (tertiary alicyclic amines) is 2. The molecule has 4 saturated heterocycles. The van der Waals surface area contributed by atoms with Gasteiger partial charge in [-0.05, 0) is 139 Å². The number of aromatic amines is 2. The molecule has 2 aromatic heterocycles. The molecule has 16 rings (SSSR count). The van der Waals surface area contributed by atoms with Crippen LogP contribution in [0.3, 0.4) is 0 Å². The van der Waals surface area contributed by atoms with Crippen LogP contribution in [0.2, 0.25) is 0 Å². The molecule has 636 valence electrons. The van der Waals surface area contributed by atoms with Gasteiger partial charge in [-0.2, -0.15) is 0 Å². The second-order valence-corrected chi connectivity index (χ2v) is 33.7. The molecule has 8 aromatic carbocycles. The molecule has 7 amide bonds. The van der Waals surface area contributed by atoms with E-state index in [1.807, 2.05) is 109 Å². The number of methoxy groups -OCH3 is 4. The largest absolute Gasteiger partial charge is 0.479 e. The van der Waals surface area contributed by atoms with Crippen LogP contribution in [0.1, 0.15) is 124 Å².